The standard InChI is InChI=1S/C15H22ClNO2/c1-2-17-11-12-10-13(16)5-6-15(12)19-9-7-14-4-3-8-18-14/h5-6,10,14,17H,2-4,7-9,11H2,1H3. The summed E-state index contributed by atoms with van der Waals surface area (Å²) in [5.74, 6) is 0.920. The van der Waals surface area contributed by atoms with Gasteiger partial charge in [-0.25, -0.2) is 0 Å². The topological polar surface area (TPSA) is 30.5 Å². The molecule has 1 unspecified atom stereocenters. The smallest absolute Gasteiger partial charge is 0.123 e. The van der Waals surface area contributed by atoms with Gasteiger partial charge in [0.25, 0.3) is 0 Å². The van der Waals surface area contributed by atoms with Crippen LogP contribution in [0.5, 0.6) is 5.75 Å². The van der Waals surface area contributed by atoms with Crippen molar-refractivity contribution in [3.63, 3.8) is 0 Å². The fourth-order valence-corrected chi connectivity index (χ4v) is 2.45. The zero-order chi connectivity index (χ0) is 13.5. The van der Waals surface area contributed by atoms with Gasteiger partial charge < -0.3 is 14.8 Å². The van der Waals surface area contributed by atoms with Gasteiger partial charge >= 0.3 is 0 Å². The summed E-state index contributed by atoms with van der Waals surface area (Å²) in [5.41, 5.74) is 1.11. The van der Waals surface area contributed by atoms with Gasteiger partial charge in [0.1, 0.15) is 5.75 Å². The van der Waals surface area contributed by atoms with Gasteiger partial charge in [0.15, 0.2) is 0 Å². The number of rotatable bonds is 7. The predicted molar refractivity (Wildman–Crippen MR) is 77.9 cm³/mol. The van der Waals surface area contributed by atoms with Crippen molar-refractivity contribution in [2.45, 2.75) is 38.8 Å². The molecule has 0 aliphatic carbocycles. The average molecular weight is 284 g/mol. The lowest BCUT2D eigenvalue weighted by Crippen LogP contribution is -2.14. The SMILES string of the molecule is CCNCc1cc(Cl)ccc1OCCC1CCCO1. The summed E-state index contributed by atoms with van der Waals surface area (Å²) in [7, 11) is 0. The van der Waals surface area contributed by atoms with Gasteiger partial charge in [-0.15, -0.1) is 0 Å². The highest BCUT2D eigenvalue weighted by Gasteiger charge is 2.15. The molecule has 0 amide bonds. The van der Waals surface area contributed by atoms with Gasteiger partial charge in [-0.2, -0.15) is 0 Å². The lowest BCUT2D eigenvalue weighted by atomic mass is 10.2. The Kier molecular flexibility index (Phi) is 5.95. The third kappa shape index (κ3) is 4.68. The molecule has 1 aliphatic rings. The molecule has 4 heteroatoms. The van der Waals surface area contributed by atoms with Crippen LogP contribution in [0, 0.1) is 0 Å². The highest BCUT2D eigenvalue weighted by Crippen LogP contribution is 2.24. The second-order valence-electron chi connectivity index (χ2n) is 4.80. The third-order valence-electron chi connectivity index (χ3n) is 3.31. The molecule has 1 N–H and O–H groups in total. The largest absolute Gasteiger partial charge is 0.493 e. The van der Waals surface area contributed by atoms with Crippen molar-refractivity contribution in [2.24, 2.45) is 0 Å². The Morgan fingerprint density at radius 3 is 3.11 bits per heavy atom. The quantitative estimate of drug-likeness (QED) is 0.832. The Hall–Kier alpha value is -0.770. The van der Waals surface area contributed by atoms with Crippen LogP contribution < -0.4 is 10.1 Å². The van der Waals surface area contributed by atoms with E-state index in [0.29, 0.717) is 12.7 Å². The minimum Gasteiger partial charge on any atom is -0.493 e. The number of benzene rings is 1. The first-order valence-corrected chi connectivity index (χ1v) is 7.41. The van der Waals surface area contributed by atoms with Gasteiger partial charge in [-0.05, 0) is 37.6 Å². The van der Waals surface area contributed by atoms with E-state index in [0.717, 1.165) is 48.9 Å². The third-order valence-corrected chi connectivity index (χ3v) is 3.54. The van der Waals surface area contributed by atoms with E-state index in [-0.39, 0.29) is 0 Å². The number of hydrogen-bond acceptors (Lipinski definition) is 3. The van der Waals surface area contributed by atoms with Crippen LogP contribution in [0.25, 0.3) is 0 Å². The van der Waals surface area contributed by atoms with Crippen LogP contribution in [0.2, 0.25) is 5.02 Å². The van der Waals surface area contributed by atoms with E-state index in [1.54, 1.807) is 0 Å². The second kappa shape index (κ2) is 7.73. The number of nitrogens with one attached hydrogen (secondary N) is 1. The monoisotopic (exact) mass is 283 g/mol. The van der Waals surface area contributed by atoms with E-state index >= 15 is 0 Å². The molecule has 1 heterocycles. The summed E-state index contributed by atoms with van der Waals surface area (Å²) in [6, 6.07) is 5.79. The van der Waals surface area contributed by atoms with E-state index in [4.69, 9.17) is 21.1 Å². The van der Waals surface area contributed by atoms with E-state index in [1.807, 2.05) is 18.2 Å². The van der Waals surface area contributed by atoms with Gasteiger partial charge in [-0.1, -0.05) is 18.5 Å². The van der Waals surface area contributed by atoms with Crippen LogP contribution in [0.3, 0.4) is 0 Å². The Labute approximate surface area is 120 Å². The predicted octanol–water partition coefficient (Wildman–Crippen LogP) is 3.40. The minimum absolute atomic E-state index is 0.379. The van der Waals surface area contributed by atoms with Crippen LogP contribution in [0.4, 0.5) is 0 Å². The molecule has 0 bridgehead atoms. The van der Waals surface area contributed by atoms with Crippen molar-refractivity contribution in [2.75, 3.05) is 19.8 Å². The maximum Gasteiger partial charge on any atom is 0.123 e. The maximum atomic E-state index is 6.03. The molecule has 1 fully saturated rings. The molecular weight excluding hydrogens is 262 g/mol. The molecule has 19 heavy (non-hydrogen) atoms. The summed E-state index contributed by atoms with van der Waals surface area (Å²) in [5, 5.41) is 4.05. The van der Waals surface area contributed by atoms with Gasteiger partial charge in [0, 0.05) is 30.2 Å². The number of hydrogen-bond donors (Lipinski definition) is 1. The van der Waals surface area contributed by atoms with Crippen molar-refractivity contribution >= 4 is 11.6 Å². The van der Waals surface area contributed by atoms with Crippen LogP contribution in [-0.2, 0) is 11.3 Å². The van der Waals surface area contributed by atoms with Crippen molar-refractivity contribution in [3.05, 3.63) is 28.8 Å². The molecule has 1 atom stereocenters. The normalized spacial score (nSPS) is 18.7. The lowest BCUT2D eigenvalue weighted by molar-refractivity contribution is 0.0902. The molecule has 0 aromatic heterocycles. The van der Waals surface area contributed by atoms with Gasteiger partial charge in [0.05, 0.1) is 12.7 Å². The maximum absolute atomic E-state index is 6.03. The van der Waals surface area contributed by atoms with E-state index in [2.05, 4.69) is 12.2 Å². The molecule has 106 valence electrons. The number of ether oxygens (including phenoxy) is 2. The van der Waals surface area contributed by atoms with Crippen LogP contribution in [-0.4, -0.2) is 25.9 Å². The molecule has 1 aromatic rings. The number of halogens is 1. The Morgan fingerprint density at radius 2 is 2.37 bits per heavy atom. The van der Waals surface area contributed by atoms with E-state index in [9.17, 15) is 0 Å². The van der Waals surface area contributed by atoms with E-state index < -0.39 is 0 Å². The summed E-state index contributed by atoms with van der Waals surface area (Å²) >= 11 is 6.03. The molecule has 0 radical (unpaired) electrons. The van der Waals surface area contributed by atoms with Crippen molar-refractivity contribution in [1.82, 2.24) is 5.32 Å². The zero-order valence-electron chi connectivity index (χ0n) is 11.5. The first-order valence-electron chi connectivity index (χ1n) is 7.03. The van der Waals surface area contributed by atoms with Crippen LogP contribution >= 0.6 is 11.6 Å². The molecule has 1 saturated heterocycles. The first kappa shape index (κ1) is 14.6. The second-order valence-corrected chi connectivity index (χ2v) is 5.24. The van der Waals surface area contributed by atoms with Crippen molar-refractivity contribution in [3.8, 4) is 5.75 Å². The van der Waals surface area contributed by atoms with Crippen LogP contribution in [0.15, 0.2) is 18.2 Å². The van der Waals surface area contributed by atoms with Gasteiger partial charge in [0.2, 0.25) is 0 Å². The summed E-state index contributed by atoms with van der Waals surface area (Å²) in [6.07, 6.45) is 3.68. The molecule has 1 aliphatic heterocycles. The molecular formula is C15H22ClNO2. The minimum atomic E-state index is 0.379. The Bertz CT molecular complexity index is 392. The first-order chi connectivity index (χ1) is 9.29. The highest BCUT2D eigenvalue weighted by molar-refractivity contribution is 6.30. The Morgan fingerprint density at radius 1 is 1.47 bits per heavy atom. The van der Waals surface area contributed by atoms with Crippen LogP contribution in [0.1, 0.15) is 31.7 Å². The average Bonchev–Trinajstić information content (AvgIpc) is 2.91. The summed E-state index contributed by atoms with van der Waals surface area (Å²) in [4.78, 5) is 0. The molecule has 3 nitrogen and oxygen atoms in total. The molecule has 0 spiro atoms. The highest BCUT2D eigenvalue weighted by atomic mass is 35.5. The zero-order valence-corrected chi connectivity index (χ0v) is 12.2. The molecule has 1 aromatic carbocycles. The fraction of sp³-hybridized carbons (Fsp3) is 0.600. The van der Waals surface area contributed by atoms with E-state index in [1.165, 1.54) is 6.42 Å². The molecule has 0 saturated carbocycles. The lowest BCUT2D eigenvalue weighted by Gasteiger charge is -2.14. The Balaban J connectivity index is 1.86. The fourth-order valence-electron chi connectivity index (χ4n) is 2.26. The van der Waals surface area contributed by atoms with Crippen molar-refractivity contribution < 1.29 is 9.47 Å². The van der Waals surface area contributed by atoms with Gasteiger partial charge in [-0.3, -0.25) is 0 Å². The summed E-state index contributed by atoms with van der Waals surface area (Å²) < 4.78 is 11.5. The molecule has 2 rings (SSSR count). The van der Waals surface area contributed by atoms with Crippen molar-refractivity contribution in [1.29, 1.82) is 0 Å². The summed E-state index contributed by atoms with van der Waals surface area (Å²) in [6.45, 7) is 5.40.